The van der Waals surface area contributed by atoms with Crippen molar-refractivity contribution in [2.75, 3.05) is 18.4 Å². The first-order chi connectivity index (χ1) is 12.5. The second kappa shape index (κ2) is 6.77. The van der Waals surface area contributed by atoms with Gasteiger partial charge in [0.15, 0.2) is 17.3 Å². The lowest BCUT2D eigenvalue weighted by Gasteiger charge is -2.21. The average Bonchev–Trinajstić information content (AvgIpc) is 3.18. The van der Waals surface area contributed by atoms with Crippen LogP contribution in [0.2, 0.25) is 0 Å². The van der Waals surface area contributed by atoms with Crippen LogP contribution in [0.15, 0.2) is 22.6 Å². The van der Waals surface area contributed by atoms with Crippen LogP contribution in [0.3, 0.4) is 0 Å². The zero-order valence-corrected chi connectivity index (χ0v) is 14.9. The molecule has 8 heteroatoms. The van der Waals surface area contributed by atoms with Gasteiger partial charge in [-0.15, -0.1) is 11.3 Å². The summed E-state index contributed by atoms with van der Waals surface area (Å²) in [4.78, 5) is 17.3. The summed E-state index contributed by atoms with van der Waals surface area (Å²) in [5.41, 5.74) is 0.545. The van der Waals surface area contributed by atoms with Crippen molar-refractivity contribution in [3.05, 3.63) is 45.5 Å². The Balaban J connectivity index is 1.57. The number of carbonyl (C=O) groups is 1. The predicted octanol–water partition coefficient (Wildman–Crippen LogP) is 4.20. The predicted molar refractivity (Wildman–Crippen MR) is 95.8 cm³/mol. The topological polar surface area (TPSA) is 67.2 Å². The number of fused-ring (bicyclic) bond motifs is 1. The summed E-state index contributed by atoms with van der Waals surface area (Å²) in [6.07, 6.45) is 1.85. The van der Waals surface area contributed by atoms with Gasteiger partial charge in [-0.25, -0.2) is 13.8 Å². The highest BCUT2D eigenvalue weighted by atomic mass is 32.1. The second-order valence-electron chi connectivity index (χ2n) is 6.34. The van der Waals surface area contributed by atoms with E-state index in [-0.39, 0.29) is 27.6 Å². The molecule has 0 saturated carbocycles. The molecule has 1 aromatic carbocycles. The van der Waals surface area contributed by atoms with Gasteiger partial charge in [0.25, 0.3) is 5.91 Å². The van der Waals surface area contributed by atoms with Gasteiger partial charge in [0, 0.05) is 23.6 Å². The Bertz CT molecular complexity index is 976. The van der Waals surface area contributed by atoms with Gasteiger partial charge in [-0.2, -0.15) is 0 Å². The molecular formula is C18H17F2N3O2S. The Labute approximate surface area is 152 Å². The normalized spacial score (nSPS) is 15.5. The molecule has 1 amide bonds. The quantitative estimate of drug-likeness (QED) is 0.718. The Morgan fingerprint density at radius 1 is 1.27 bits per heavy atom. The summed E-state index contributed by atoms with van der Waals surface area (Å²) in [5.74, 6) is -1.14. The number of hydrogen-bond acceptors (Lipinski definition) is 5. The third kappa shape index (κ3) is 3.22. The van der Waals surface area contributed by atoms with Gasteiger partial charge in [-0.05, 0) is 44.0 Å². The van der Waals surface area contributed by atoms with E-state index in [0.717, 1.165) is 48.2 Å². The van der Waals surface area contributed by atoms with Crippen LogP contribution in [-0.4, -0.2) is 24.0 Å². The molecule has 2 N–H and O–H groups in total. The van der Waals surface area contributed by atoms with E-state index < -0.39 is 17.5 Å². The molecule has 4 rings (SSSR count). The molecule has 0 atom stereocenters. The number of halogens is 2. The molecule has 0 unspecified atom stereocenters. The smallest absolute Gasteiger partial charge is 0.268 e. The van der Waals surface area contributed by atoms with E-state index in [1.54, 1.807) is 6.92 Å². The molecular weight excluding hydrogens is 360 g/mol. The van der Waals surface area contributed by atoms with Crippen LogP contribution in [0.5, 0.6) is 0 Å². The standard InChI is InChI=1S/C18H17F2N3O2S/c1-9-22-16-12(19)6-11(7-14(16)25-9)23-18(24)17-13(20)8-15(26-17)10-2-4-21-5-3-10/h6-8,10,21H,2-5H2,1H3,(H,23,24). The van der Waals surface area contributed by atoms with E-state index in [0.29, 0.717) is 5.89 Å². The van der Waals surface area contributed by atoms with Crippen molar-refractivity contribution in [3.8, 4) is 0 Å². The number of rotatable bonds is 3. The molecule has 0 spiro atoms. The average molecular weight is 377 g/mol. The van der Waals surface area contributed by atoms with Gasteiger partial charge < -0.3 is 15.1 Å². The summed E-state index contributed by atoms with van der Waals surface area (Å²) in [7, 11) is 0. The second-order valence-corrected chi connectivity index (χ2v) is 7.43. The maximum Gasteiger partial charge on any atom is 0.268 e. The van der Waals surface area contributed by atoms with Crippen molar-refractivity contribution < 1.29 is 18.0 Å². The van der Waals surface area contributed by atoms with E-state index >= 15 is 0 Å². The van der Waals surface area contributed by atoms with E-state index in [9.17, 15) is 13.6 Å². The number of hydrogen-bond donors (Lipinski definition) is 2. The highest BCUT2D eigenvalue weighted by Crippen LogP contribution is 2.33. The summed E-state index contributed by atoms with van der Waals surface area (Å²) in [6.45, 7) is 3.39. The first-order valence-corrected chi connectivity index (χ1v) is 9.21. The highest BCUT2D eigenvalue weighted by Gasteiger charge is 2.23. The van der Waals surface area contributed by atoms with E-state index in [1.807, 2.05) is 0 Å². The zero-order chi connectivity index (χ0) is 18.3. The number of amides is 1. The molecule has 136 valence electrons. The van der Waals surface area contributed by atoms with Crippen molar-refractivity contribution >= 4 is 34.0 Å². The molecule has 5 nitrogen and oxygen atoms in total. The van der Waals surface area contributed by atoms with Gasteiger partial charge >= 0.3 is 0 Å². The fourth-order valence-electron chi connectivity index (χ4n) is 3.21. The third-order valence-corrected chi connectivity index (χ3v) is 5.74. The number of oxazole rings is 1. The molecule has 1 fully saturated rings. The van der Waals surface area contributed by atoms with E-state index in [4.69, 9.17) is 4.42 Å². The minimum atomic E-state index is -0.600. The molecule has 1 aliphatic heterocycles. The number of carbonyl (C=O) groups excluding carboxylic acids is 1. The number of aromatic nitrogens is 1. The largest absolute Gasteiger partial charge is 0.441 e. The van der Waals surface area contributed by atoms with Gasteiger partial charge in [-0.3, -0.25) is 4.79 Å². The van der Waals surface area contributed by atoms with Crippen molar-refractivity contribution in [1.82, 2.24) is 10.3 Å². The molecule has 1 saturated heterocycles. The van der Waals surface area contributed by atoms with Crippen LogP contribution in [-0.2, 0) is 0 Å². The van der Waals surface area contributed by atoms with Crippen LogP contribution in [0, 0.1) is 18.6 Å². The zero-order valence-electron chi connectivity index (χ0n) is 14.1. The van der Waals surface area contributed by atoms with Gasteiger partial charge in [0.1, 0.15) is 16.2 Å². The lowest BCUT2D eigenvalue weighted by atomic mass is 9.96. The monoisotopic (exact) mass is 377 g/mol. The molecule has 2 aromatic heterocycles. The Hall–Kier alpha value is -2.32. The maximum absolute atomic E-state index is 14.3. The summed E-state index contributed by atoms with van der Waals surface area (Å²) in [6, 6.07) is 4.08. The first-order valence-electron chi connectivity index (χ1n) is 8.39. The van der Waals surface area contributed by atoms with Crippen molar-refractivity contribution in [1.29, 1.82) is 0 Å². The summed E-state index contributed by atoms with van der Waals surface area (Å²) in [5, 5.41) is 5.81. The summed E-state index contributed by atoms with van der Waals surface area (Å²) < 4.78 is 33.7. The highest BCUT2D eigenvalue weighted by molar-refractivity contribution is 7.14. The van der Waals surface area contributed by atoms with Crippen LogP contribution >= 0.6 is 11.3 Å². The summed E-state index contributed by atoms with van der Waals surface area (Å²) >= 11 is 1.16. The van der Waals surface area contributed by atoms with Gasteiger partial charge in [-0.1, -0.05) is 0 Å². The lowest BCUT2D eigenvalue weighted by Crippen LogP contribution is -2.26. The van der Waals surface area contributed by atoms with Crippen LogP contribution in [0.1, 0.15) is 39.2 Å². The molecule has 0 radical (unpaired) electrons. The number of benzene rings is 1. The van der Waals surface area contributed by atoms with Gasteiger partial charge in [0.05, 0.1) is 0 Å². The molecule has 0 bridgehead atoms. The van der Waals surface area contributed by atoms with Crippen LogP contribution < -0.4 is 10.6 Å². The van der Waals surface area contributed by atoms with Crippen molar-refractivity contribution in [2.24, 2.45) is 0 Å². The first kappa shape index (κ1) is 17.1. The van der Waals surface area contributed by atoms with Gasteiger partial charge in [0.2, 0.25) is 0 Å². The molecule has 1 aliphatic rings. The third-order valence-electron chi connectivity index (χ3n) is 4.47. The number of nitrogens with zero attached hydrogens (tertiary/aromatic N) is 1. The molecule has 3 aromatic rings. The Morgan fingerprint density at radius 3 is 2.81 bits per heavy atom. The van der Waals surface area contributed by atoms with Crippen molar-refractivity contribution in [3.63, 3.8) is 0 Å². The Morgan fingerprint density at radius 2 is 2.04 bits per heavy atom. The fraction of sp³-hybridized carbons (Fsp3) is 0.333. The molecule has 3 heterocycles. The van der Waals surface area contributed by atoms with E-state index in [2.05, 4.69) is 15.6 Å². The lowest BCUT2D eigenvalue weighted by molar-refractivity contribution is 0.102. The maximum atomic E-state index is 14.3. The number of piperidine rings is 1. The van der Waals surface area contributed by atoms with Crippen LogP contribution in [0.4, 0.5) is 14.5 Å². The van der Waals surface area contributed by atoms with Crippen LogP contribution in [0.25, 0.3) is 11.1 Å². The SMILES string of the molecule is Cc1nc2c(F)cc(NC(=O)c3sc(C4CCNCC4)cc3F)cc2o1. The minimum absolute atomic E-state index is 0.00721. The Kier molecular flexibility index (Phi) is 4.46. The number of nitrogens with one attached hydrogen (secondary N) is 2. The number of aryl methyl sites for hydroxylation is 1. The number of anilines is 1. The fourth-order valence-corrected chi connectivity index (χ4v) is 4.31. The number of thiophene rings is 1. The van der Waals surface area contributed by atoms with Crippen molar-refractivity contribution in [2.45, 2.75) is 25.7 Å². The van der Waals surface area contributed by atoms with E-state index in [1.165, 1.54) is 12.1 Å². The minimum Gasteiger partial charge on any atom is -0.441 e. The molecule has 0 aliphatic carbocycles. The molecule has 26 heavy (non-hydrogen) atoms.